The quantitative estimate of drug-likeness (QED) is 0.864. The van der Waals surface area contributed by atoms with Crippen LogP contribution in [0, 0.1) is 5.92 Å². The second kappa shape index (κ2) is 7.19. The van der Waals surface area contributed by atoms with Gasteiger partial charge in [-0.05, 0) is 36.0 Å². The molecule has 1 fully saturated rings. The highest BCUT2D eigenvalue weighted by atomic mass is 16.3. The molecule has 2 aromatic rings. The first-order valence-corrected chi connectivity index (χ1v) is 9.32. The second-order valence-corrected chi connectivity index (χ2v) is 8.01. The lowest BCUT2D eigenvalue weighted by Crippen LogP contribution is -2.61. The zero-order valence-electron chi connectivity index (χ0n) is 16.0. The maximum Gasteiger partial charge on any atom is 0.222 e. The van der Waals surface area contributed by atoms with E-state index in [1.165, 1.54) is 5.56 Å². The average Bonchev–Trinajstić information content (AvgIpc) is 3.07. The highest BCUT2D eigenvalue weighted by Gasteiger charge is 2.46. The number of hydrogen-bond acceptors (Lipinski definition) is 4. The Morgan fingerprint density at radius 2 is 1.85 bits per heavy atom. The van der Waals surface area contributed by atoms with Gasteiger partial charge in [0.2, 0.25) is 5.91 Å². The Morgan fingerprint density at radius 3 is 2.42 bits per heavy atom. The zero-order chi connectivity index (χ0) is 18.9. The lowest BCUT2D eigenvalue weighted by atomic mass is 9.90. The van der Waals surface area contributed by atoms with Gasteiger partial charge in [-0.2, -0.15) is 0 Å². The summed E-state index contributed by atoms with van der Waals surface area (Å²) in [4.78, 5) is 13.8. The van der Waals surface area contributed by atoms with E-state index in [1.54, 1.807) is 15.8 Å². The zero-order valence-corrected chi connectivity index (χ0v) is 16.0. The molecule has 26 heavy (non-hydrogen) atoms. The van der Waals surface area contributed by atoms with Crippen LogP contribution in [0.25, 0.3) is 5.69 Å². The molecule has 0 atom stereocenters. The number of benzene rings is 1. The molecule has 1 aliphatic heterocycles. The number of β-amino-alcohol motifs (C(OH)–C–C–N with tert-alkyl or cyclic N) is 1. The van der Waals surface area contributed by atoms with Crippen LogP contribution >= 0.6 is 0 Å². The van der Waals surface area contributed by atoms with Crippen molar-refractivity contribution in [3.8, 4) is 5.69 Å². The van der Waals surface area contributed by atoms with Gasteiger partial charge in [0, 0.05) is 6.42 Å². The van der Waals surface area contributed by atoms with E-state index in [2.05, 4.69) is 50.1 Å². The number of amides is 1. The molecule has 1 aromatic carbocycles. The molecule has 0 aliphatic carbocycles. The van der Waals surface area contributed by atoms with Gasteiger partial charge in [0.05, 0.1) is 25.0 Å². The second-order valence-electron chi connectivity index (χ2n) is 8.01. The van der Waals surface area contributed by atoms with Gasteiger partial charge in [-0.1, -0.05) is 45.0 Å². The van der Waals surface area contributed by atoms with E-state index in [-0.39, 0.29) is 19.0 Å². The summed E-state index contributed by atoms with van der Waals surface area (Å²) in [5.41, 5.74) is 1.59. The van der Waals surface area contributed by atoms with Gasteiger partial charge in [-0.15, -0.1) is 5.10 Å². The van der Waals surface area contributed by atoms with E-state index >= 15 is 0 Å². The SMILES string of the molecule is CC(C)CCC(=O)N1CC(O)(c2cn(-c3ccc(C(C)C)cc3)nn2)C1. The fraction of sp³-hybridized carbons (Fsp3) is 0.550. The minimum Gasteiger partial charge on any atom is -0.380 e. The monoisotopic (exact) mass is 356 g/mol. The average molecular weight is 356 g/mol. The molecular formula is C20H28N4O2. The largest absolute Gasteiger partial charge is 0.380 e. The summed E-state index contributed by atoms with van der Waals surface area (Å²) < 4.78 is 1.67. The summed E-state index contributed by atoms with van der Waals surface area (Å²) in [5, 5.41) is 19.0. The van der Waals surface area contributed by atoms with Crippen molar-refractivity contribution in [2.75, 3.05) is 13.1 Å². The molecule has 6 heteroatoms. The number of likely N-dealkylation sites (tertiary alicyclic amines) is 1. The van der Waals surface area contributed by atoms with Crippen molar-refractivity contribution < 1.29 is 9.90 Å². The Labute approximate surface area is 154 Å². The van der Waals surface area contributed by atoms with E-state index < -0.39 is 5.60 Å². The third-order valence-corrected chi connectivity index (χ3v) is 4.99. The first kappa shape index (κ1) is 18.6. The van der Waals surface area contributed by atoms with Gasteiger partial charge in [0.15, 0.2) is 0 Å². The van der Waals surface area contributed by atoms with Gasteiger partial charge < -0.3 is 10.0 Å². The van der Waals surface area contributed by atoms with Crippen molar-refractivity contribution in [3.05, 3.63) is 41.7 Å². The normalized spacial score (nSPS) is 16.2. The number of rotatable bonds is 6. The summed E-state index contributed by atoms with van der Waals surface area (Å²) in [6, 6.07) is 8.16. The number of carbonyl (C=O) groups is 1. The molecule has 0 bridgehead atoms. The smallest absolute Gasteiger partial charge is 0.222 e. The van der Waals surface area contributed by atoms with E-state index in [4.69, 9.17) is 0 Å². The molecule has 140 valence electrons. The summed E-state index contributed by atoms with van der Waals surface area (Å²) in [7, 11) is 0. The van der Waals surface area contributed by atoms with E-state index in [9.17, 15) is 9.90 Å². The number of carbonyl (C=O) groups excluding carboxylic acids is 1. The third kappa shape index (κ3) is 3.80. The predicted octanol–water partition coefficient (Wildman–Crippen LogP) is 2.86. The molecule has 0 saturated carbocycles. The van der Waals surface area contributed by atoms with Crippen LogP contribution in [0.15, 0.2) is 30.5 Å². The molecule has 3 rings (SSSR count). The third-order valence-electron chi connectivity index (χ3n) is 4.99. The Balaban J connectivity index is 1.64. The van der Waals surface area contributed by atoms with Crippen molar-refractivity contribution in [1.29, 1.82) is 0 Å². The molecule has 1 saturated heterocycles. The lowest BCUT2D eigenvalue weighted by Gasteiger charge is -2.45. The molecule has 6 nitrogen and oxygen atoms in total. The number of nitrogens with zero attached hydrogens (tertiary/aromatic N) is 4. The number of aliphatic hydroxyl groups is 1. The van der Waals surface area contributed by atoms with Gasteiger partial charge in [-0.3, -0.25) is 4.79 Å². The topological polar surface area (TPSA) is 71.2 Å². The van der Waals surface area contributed by atoms with Crippen LogP contribution in [0.3, 0.4) is 0 Å². The van der Waals surface area contributed by atoms with Crippen LogP contribution in [-0.2, 0) is 10.4 Å². The Hall–Kier alpha value is -2.21. The number of aromatic nitrogens is 3. The standard InChI is InChI=1S/C20H28N4O2/c1-14(2)5-10-19(25)23-12-20(26,13-23)18-11-24(22-21-18)17-8-6-16(7-9-17)15(3)4/h6-9,11,14-15,26H,5,10,12-13H2,1-4H3. The molecule has 0 unspecified atom stereocenters. The Bertz CT molecular complexity index is 758. The number of hydrogen-bond donors (Lipinski definition) is 1. The van der Waals surface area contributed by atoms with Gasteiger partial charge in [0.1, 0.15) is 11.3 Å². The molecule has 0 spiro atoms. The minimum absolute atomic E-state index is 0.0973. The van der Waals surface area contributed by atoms with Crippen LogP contribution in [0.2, 0.25) is 0 Å². The molecule has 1 amide bonds. The van der Waals surface area contributed by atoms with Gasteiger partial charge in [-0.25, -0.2) is 4.68 Å². The first-order chi connectivity index (χ1) is 12.3. The van der Waals surface area contributed by atoms with E-state index in [0.717, 1.165) is 12.1 Å². The van der Waals surface area contributed by atoms with Crippen molar-refractivity contribution >= 4 is 5.91 Å². The summed E-state index contributed by atoms with van der Waals surface area (Å²) >= 11 is 0. The molecular weight excluding hydrogens is 328 g/mol. The Morgan fingerprint density at radius 1 is 1.19 bits per heavy atom. The molecule has 1 N–H and O–H groups in total. The molecule has 2 heterocycles. The van der Waals surface area contributed by atoms with E-state index in [0.29, 0.717) is 24.0 Å². The van der Waals surface area contributed by atoms with Crippen molar-refractivity contribution in [3.63, 3.8) is 0 Å². The maximum absolute atomic E-state index is 12.1. The lowest BCUT2D eigenvalue weighted by molar-refractivity contribution is -0.158. The predicted molar refractivity (Wildman–Crippen MR) is 100.0 cm³/mol. The highest BCUT2D eigenvalue weighted by Crippen LogP contribution is 2.31. The van der Waals surface area contributed by atoms with Crippen molar-refractivity contribution in [1.82, 2.24) is 19.9 Å². The summed E-state index contributed by atoms with van der Waals surface area (Å²) in [6.07, 6.45) is 3.15. The minimum atomic E-state index is -1.09. The van der Waals surface area contributed by atoms with Crippen LogP contribution in [0.1, 0.15) is 57.7 Å². The molecule has 1 aliphatic rings. The summed E-state index contributed by atoms with van der Waals surface area (Å²) in [5.74, 6) is 1.08. The van der Waals surface area contributed by atoms with Crippen molar-refractivity contribution in [2.45, 2.75) is 52.1 Å². The fourth-order valence-electron chi connectivity index (χ4n) is 3.11. The maximum atomic E-state index is 12.1. The molecule has 1 aromatic heterocycles. The van der Waals surface area contributed by atoms with E-state index in [1.807, 2.05) is 12.1 Å². The first-order valence-electron chi connectivity index (χ1n) is 9.32. The van der Waals surface area contributed by atoms with Crippen LogP contribution in [-0.4, -0.2) is 44.0 Å². The van der Waals surface area contributed by atoms with Gasteiger partial charge >= 0.3 is 0 Å². The van der Waals surface area contributed by atoms with Gasteiger partial charge in [0.25, 0.3) is 0 Å². The van der Waals surface area contributed by atoms with Crippen molar-refractivity contribution in [2.24, 2.45) is 5.92 Å². The fourth-order valence-corrected chi connectivity index (χ4v) is 3.11. The highest BCUT2D eigenvalue weighted by molar-refractivity contribution is 5.77. The summed E-state index contributed by atoms with van der Waals surface area (Å²) in [6.45, 7) is 9.09. The van der Waals surface area contributed by atoms with Crippen LogP contribution < -0.4 is 0 Å². The van der Waals surface area contributed by atoms with Crippen LogP contribution in [0.5, 0.6) is 0 Å². The Kier molecular flexibility index (Phi) is 5.14. The van der Waals surface area contributed by atoms with Crippen LogP contribution in [0.4, 0.5) is 0 Å². The molecule has 0 radical (unpaired) electrons.